The predicted molar refractivity (Wildman–Crippen MR) is 139 cm³/mol. The van der Waals surface area contributed by atoms with E-state index in [9.17, 15) is 4.79 Å². The van der Waals surface area contributed by atoms with E-state index in [1.807, 2.05) is 44.1 Å². The van der Waals surface area contributed by atoms with Gasteiger partial charge >= 0.3 is 0 Å². The summed E-state index contributed by atoms with van der Waals surface area (Å²) in [5.74, 6) is -0.0712. The molecular weight excluding hydrogens is 461 g/mol. The summed E-state index contributed by atoms with van der Waals surface area (Å²) in [4.78, 5) is 24.3. The van der Waals surface area contributed by atoms with Crippen LogP contribution >= 0.6 is 0 Å². The third-order valence-corrected chi connectivity index (χ3v) is 5.78. The Bertz CT molecular complexity index is 1460. The van der Waals surface area contributed by atoms with Gasteiger partial charge in [0.05, 0.1) is 18.2 Å². The Hall–Kier alpha value is -4.31. The van der Waals surface area contributed by atoms with Gasteiger partial charge in [0.2, 0.25) is 0 Å². The number of ether oxygens (including phenoxy) is 1. The molecule has 10 heteroatoms. The molecular formula is C26H28FN7O2. The maximum atomic E-state index is 15.8. The molecule has 2 N–H and O–H groups in total. The summed E-state index contributed by atoms with van der Waals surface area (Å²) in [7, 11) is 6.91. The Morgan fingerprint density at radius 3 is 2.69 bits per heavy atom. The molecule has 2 aromatic heterocycles. The first kappa shape index (κ1) is 24.8. The zero-order chi connectivity index (χ0) is 26.0. The van der Waals surface area contributed by atoms with Crippen LogP contribution in [-0.2, 0) is 4.79 Å². The number of methoxy groups -OCH3 is 1. The summed E-state index contributed by atoms with van der Waals surface area (Å²) in [6, 6.07) is 10.4. The summed E-state index contributed by atoms with van der Waals surface area (Å²) in [5, 5.41) is 5.18. The summed E-state index contributed by atoms with van der Waals surface area (Å²) in [6.07, 6.45) is 4.46. The summed E-state index contributed by atoms with van der Waals surface area (Å²) in [5.41, 5.74) is 8.95. The maximum absolute atomic E-state index is 15.8. The minimum atomic E-state index is -0.621. The number of amides is 1. The fourth-order valence-electron chi connectivity index (χ4n) is 3.84. The van der Waals surface area contributed by atoms with E-state index in [1.165, 1.54) is 35.1 Å². The van der Waals surface area contributed by atoms with Crippen LogP contribution in [0, 0.1) is 12.7 Å². The highest BCUT2D eigenvalue weighted by atomic mass is 19.1. The molecule has 1 amide bonds. The van der Waals surface area contributed by atoms with Crippen molar-refractivity contribution in [2.45, 2.75) is 6.92 Å². The highest BCUT2D eigenvalue weighted by molar-refractivity contribution is 6.02. The molecule has 9 nitrogen and oxygen atoms in total. The number of benzene rings is 2. The SMILES string of the molecule is COc1cc(-c2nn(-c3cccc(N(C)C(=O)/C=C/CN(C)C)c3F)c3ncnc(N)c23)ccc1C. The summed E-state index contributed by atoms with van der Waals surface area (Å²) in [6.45, 7) is 2.53. The molecule has 2 aromatic carbocycles. The molecule has 4 rings (SSSR count). The largest absolute Gasteiger partial charge is 0.496 e. The number of halogens is 1. The quantitative estimate of drug-likeness (QED) is 0.396. The molecule has 0 radical (unpaired) electrons. The van der Waals surface area contributed by atoms with Crippen LogP contribution < -0.4 is 15.4 Å². The molecule has 0 saturated carbocycles. The zero-order valence-corrected chi connectivity index (χ0v) is 20.9. The fraction of sp³-hybridized carbons (Fsp3) is 0.231. The lowest BCUT2D eigenvalue weighted by atomic mass is 10.1. The molecule has 0 aliphatic carbocycles. The Kier molecular flexibility index (Phi) is 6.98. The second kappa shape index (κ2) is 10.1. The second-order valence-electron chi connectivity index (χ2n) is 8.57. The highest BCUT2D eigenvalue weighted by Crippen LogP contribution is 2.35. The number of likely N-dealkylation sites (N-methyl/N-ethyl adjacent to an activating group) is 2. The zero-order valence-electron chi connectivity index (χ0n) is 20.9. The number of aryl methyl sites for hydroxylation is 1. The molecule has 186 valence electrons. The predicted octanol–water partition coefficient (Wildman–Crippen LogP) is 3.60. The van der Waals surface area contributed by atoms with Crippen molar-refractivity contribution in [2.24, 2.45) is 0 Å². The van der Waals surface area contributed by atoms with Gasteiger partial charge < -0.3 is 20.3 Å². The molecule has 2 heterocycles. The van der Waals surface area contributed by atoms with Crippen molar-refractivity contribution in [3.05, 3.63) is 66.3 Å². The van der Waals surface area contributed by atoms with Crippen molar-refractivity contribution in [1.82, 2.24) is 24.6 Å². The van der Waals surface area contributed by atoms with Crippen molar-refractivity contribution < 1.29 is 13.9 Å². The van der Waals surface area contributed by atoms with Gasteiger partial charge in [-0.15, -0.1) is 0 Å². The normalized spacial score (nSPS) is 11.5. The molecule has 0 fully saturated rings. The monoisotopic (exact) mass is 489 g/mol. The fourth-order valence-corrected chi connectivity index (χ4v) is 3.84. The van der Waals surface area contributed by atoms with Crippen molar-refractivity contribution in [2.75, 3.05) is 45.4 Å². The first-order valence-corrected chi connectivity index (χ1v) is 11.2. The average Bonchev–Trinajstić information content (AvgIpc) is 3.24. The Morgan fingerprint density at radius 2 is 1.97 bits per heavy atom. The smallest absolute Gasteiger partial charge is 0.250 e. The van der Waals surface area contributed by atoms with Gasteiger partial charge in [-0.3, -0.25) is 4.79 Å². The van der Waals surface area contributed by atoms with Gasteiger partial charge in [0.25, 0.3) is 5.91 Å². The third kappa shape index (κ3) is 4.63. The summed E-state index contributed by atoms with van der Waals surface area (Å²) < 4.78 is 22.7. The van der Waals surface area contributed by atoms with Gasteiger partial charge in [-0.25, -0.2) is 19.0 Å². The van der Waals surface area contributed by atoms with Gasteiger partial charge in [0.15, 0.2) is 11.5 Å². The number of hydrogen-bond donors (Lipinski definition) is 1. The molecule has 0 aliphatic heterocycles. The highest BCUT2D eigenvalue weighted by Gasteiger charge is 2.23. The molecule has 36 heavy (non-hydrogen) atoms. The van der Waals surface area contributed by atoms with Crippen molar-refractivity contribution in [1.29, 1.82) is 0 Å². The van der Waals surface area contributed by atoms with Crippen molar-refractivity contribution >= 4 is 28.4 Å². The number of rotatable bonds is 7. The Labute approximate surface area is 208 Å². The van der Waals surface area contributed by atoms with Gasteiger partial charge in [0, 0.05) is 25.2 Å². The van der Waals surface area contributed by atoms with Crippen LogP contribution in [-0.4, -0.2) is 65.4 Å². The number of anilines is 2. The third-order valence-electron chi connectivity index (χ3n) is 5.78. The Balaban J connectivity index is 1.84. The summed E-state index contributed by atoms with van der Waals surface area (Å²) >= 11 is 0. The van der Waals surface area contributed by atoms with Gasteiger partial charge in [0.1, 0.15) is 29.3 Å². The van der Waals surface area contributed by atoms with Crippen molar-refractivity contribution in [3.8, 4) is 22.7 Å². The van der Waals surface area contributed by atoms with Crippen LogP contribution in [0.4, 0.5) is 15.9 Å². The standard InChI is InChI=1S/C26H28FN7O2/c1-16-11-12-17(14-20(16)36-5)24-22-25(28)29-15-30-26(22)34(31-24)19-9-6-8-18(23(19)27)33(4)21(35)10-7-13-32(2)3/h6-12,14-15H,13H2,1-5H3,(H2,28,29,30)/b10-7+. The first-order valence-electron chi connectivity index (χ1n) is 11.2. The molecule has 0 aliphatic rings. The van der Waals surface area contributed by atoms with E-state index in [4.69, 9.17) is 10.5 Å². The molecule has 0 saturated heterocycles. The molecule has 0 atom stereocenters. The lowest BCUT2D eigenvalue weighted by Crippen LogP contribution is -2.26. The number of nitrogen functional groups attached to an aromatic ring is 1. The number of hydrogen-bond acceptors (Lipinski definition) is 7. The van der Waals surface area contributed by atoms with E-state index in [1.54, 1.807) is 25.3 Å². The van der Waals surface area contributed by atoms with Gasteiger partial charge in [-0.05, 0) is 44.8 Å². The van der Waals surface area contributed by atoms with Crippen LogP contribution in [0.1, 0.15) is 5.56 Å². The number of fused-ring (bicyclic) bond motifs is 1. The van der Waals surface area contributed by atoms with Gasteiger partial charge in [-0.2, -0.15) is 5.10 Å². The molecule has 0 spiro atoms. The topological polar surface area (TPSA) is 102 Å². The van der Waals surface area contributed by atoms with Gasteiger partial charge in [-0.1, -0.05) is 24.3 Å². The lowest BCUT2D eigenvalue weighted by Gasteiger charge is -2.18. The van der Waals surface area contributed by atoms with E-state index in [2.05, 4.69) is 15.1 Å². The number of nitrogens with two attached hydrogens (primary N) is 1. The van der Waals surface area contributed by atoms with Crippen LogP contribution in [0.5, 0.6) is 5.75 Å². The van der Waals surface area contributed by atoms with Crippen molar-refractivity contribution in [3.63, 3.8) is 0 Å². The number of aromatic nitrogens is 4. The number of nitrogens with zero attached hydrogens (tertiary/aromatic N) is 6. The van der Waals surface area contributed by atoms with Crippen LogP contribution in [0.3, 0.4) is 0 Å². The molecule has 0 bridgehead atoms. The minimum Gasteiger partial charge on any atom is -0.496 e. The number of carbonyl (C=O) groups is 1. The van der Waals surface area contributed by atoms with Crippen LogP contribution in [0.2, 0.25) is 0 Å². The average molecular weight is 490 g/mol. The number of carbonyl (C=O) groups excluding carboxylic acids is 1. The van der Waals surface area contributed by atoms with Crippen LogP contribution in [0.15, 0.2) is 54.9 Å². The van der Waals surface area contributed by atoms with E-state index in [0.29, 0.717) is 29.0 Å². The van der Waals surface area contributed by atoms with E-state index >= 15 is 4.39 Å². The maximum Gasteiger partial charge on any atom is 0.250 e. The van der Waals surface area contributed by atoms with Crippen LogP contribution in [0.25, 0.3) is 28.0 Å². The Morgan fingerprint density at radius 1 is 1.19 bits per heavy atom. The lowest BCUT2D eigenvalue weighted by molar-refractivity contribution is -0.113. The molecule has 0 unspecified atom stereocenters. The second-order valence-corrected chi connectivity index (χ2v) is 8.57. The molecule has 4 aromatic rings. The van der Waals surface area contributed by atoms with E-state index in [-0.39, 0.29) is 23.1 Å². The first-order chi connectivity index (χ1) is 17.2. The minimum absolute atomic E-state index is 0.108. The van der Waals surface area contributed by atoms with E-state index in [0.717, 1.165) is 11.1 Å². The van der Waals surface area contributed by atoms with E-state index < -0.39 is 5.82 Å².